The summed E-state index contributed by atoms with van der Waals surface area (Å²) in [7, 11) is 0. The zero-order valence-corrected chi connectivity index (χ0v) is 10.6. The van der Waals surface area contributed by atoms with Gasteiger partial charge in [0.25, 0.3) is 0 Å². The van der Waals surface area contributed by atoms with Crippen LogP contribution in [0.5, 0.6) is 0 Å². The summed E-state index contributed by atoms with van der Waals surface area (Å²) in [5, 5.41) is 17.2. The molecule has 20 heavy (non-hydrogen) atoms. The second-order valence-electron chi connectivity index (χ2n) is 3.97. The number of carboxylic acid groups (broad SMARTS) is 2. The molecule has 0 unspecified atom stereocenters. The molecule has 0 saturated carbocycles. The minimum atomic E-state index is -1.34. The maximum atomic E-state index is 11.3. The van der Waals surface area contributed by atoms with E-state index in [2.05, 4.69) is 4.84 Å². The molecule has 0 aromatic carbocycles. The number of nitrogens with one attached hydrogen (secondary N) is 1. The Morgan fingerprint density at radius 2 is 1.70 bits per heavy atom. The molecule has 0 aliphatic carbocycles. The van der Waals surface area contributed by atoms with Crippen molar-refractivity contribution in [3.63, 3.8) is 0 Å². The summed E-state index contributed by atoms with van der Waals surface area (Å²) < 4.78 is 0. The van der Waals surface area contributed by atoms with E-state index in [1.165, 1.54) is 0 Å². The number of aliphatic carboxylic acids is 2. The van der Waals surface area contributed by atoms with Gasteiger partial charge in [0.1, 0.15) is 12.1 Å². The van der Waals surface area contributed by atoms with Gasteiger partial charge in [-0.25, -0.2) is 4.79 Å². The van der Waals surface area contributed by atoms with Gasteiger partial charge < -0.3 is 26.5 Å². The molecule has 7 N–H and O–H groups in total. The predicted octanol–water partition coefficient (Wildman–Crippen LogP) is -2.05. The first kappa shape index (κ1) is 17.8. The van der Waals surface area contributed by atoms with E-state index in [-0.39, 0.29) is 25.7 Å². The van der Waals surface area contributed by atoms with E-state index in [0.29, 0.717) is 0 Å². The fraction of sp³-hybridized carbons (Fsp3) is 0.600. The number of hydrogen-bond donors (Lipinski definition) is 5. The van der Waals surface area contributed by atoms with Gasteiger partial charge in [0.15, 0.2) is 0 Å². The molecule has 0 spiro atoms. The van der Waals surface area contributed by atoms with Crippen LogP contribution in [-0.2, 0) is 24.0 Å². The van der Waals surface area contributed by atoms with Crippen LogP contribution in [0.25, 0.3) is 0 Å². The molecule has 0 bridgehead atoms. The number of rotatable bonds is 10. The van der Waals surface area contributed by atoms with Gasteiger partial charge >= 0.3 is 17.9 Å². The monoisotopic (exact) mass is 291 g/mol. The zero-order valence-electron chi connectivity index (χ0n) is 10.6. The van der Waals surface area contributed by atoms with Crippen LogP contribution in [0.2, 0.25) is 0 Å². The fourth-order valence-corrected chi connectivity index (χ4v) is 1.12. The number of amides is 1. The van der Waals surface area contributed by atoms with Gasteiger partial charge in [0, 0.05) is 12.8 Å². The lowest BCUT2D eigenvalue weighted by Crippen LogP contribution is -2.43. The molecule has 2 atom stereocenters. The van der Waals surface area contributed by atoms with Crippen molar-refractivity contribution in [2.75, 3.05) is 0 Å². The van der Waals surface area contributed by atoms with Gasteiger partial charge in [-0.3, -0.25) is 14.4 Å². The van der Waals surface area contributed by atoms with Crippen LogP contribution in [0.3, 0.4) is 0 Å². The molecule has 0 aromatic heterocycles. The first-order chi connectivity index (χ1) is 9.23. The van der Waals surface area contributed by atoms with Crippen LogP contribution in [-0.4, -0.2) is 46.1 Å². The Kier molecular flexibility index (Phi) is 7.85. The van der Waals surface area contributed by atoms with Crippen molar-refractivity contribution in [2.45, 2.75) is 37.8 Å². The zero-order chi connectivity index (χ0) is 15.7. The van der Waals surface area contributed by atoms with E-state index in [1.807, 2.05) is 5.48 Å². The van der Waals surface area contributed by atoms with Crippen molar-refractivity contribution in [1.82, 2.24) is 5.48 Å². The molecule has 10 heteroatoms. The first-order valence-electron chi connectivity index (χ1n) is 5.68. The predicted molar refractivity (Wildman–Crippen MR) is 63.9 cm³/mol. The summed E-state index contributed by atoms with van der Waals surface area (Å²) in [6.45, 7) is 0. The first-order valence-corrected chi connectivity index (χ1v) is 5.68. The third kappa shape index (κ3) is 8.00. The molecule has 0 aliphatic heterocycles. The average molecular weight is 291 g/mol. The SMILES string of the molecule is NC(=O)CC[C@H](NOC(=O)[C@@H](N)CCC(=O)O)C(=O)O. The lowest BCUT2D eigenvalue weighted by atomic mass is 10.1. The van der Waals surface area contributed by atoms with Gasteiger partial charge in [-0.05, 0) is 12.8 Å². The van der Waals surface area contributed by atoms with E-state index in [4.69, 9.17) is 21.7 Å². The Hall–Kier alpha value is -2.20. The fourth-order valence-electron chi connectivity index (χ4n) is 1.12. The molecule has 0 aromatic rings. The summed E-state index contributed by atoms with van der Waals surface area (Å²) >= 11 is 0. The van der Waals surface area contributed by atoms with Gasteiger partial charge in [-0.15, -0.1) is 5.48 Å². The quantitative estimate of drug-likeness (QED) is 0.282. The van der Waals surface area contributed by atoms with E-state index in [0.717, 1.165) is 0 Å². The Balaban J connectivity index is 4.19. The number of primary amides is 1. The number of carbonyl (C=O) groups excluding carboxylic acids is 2. The average Bonchev–Trinajstić information content (AvgIpc) is 2.34. The summed E-state index contributed by atoms with van der Waals surface area (Å²) in [6.07, 6.45) is -0.829. The van der Waals surface area contributed by atoms with E-state index in [1.54, 1.807) is 0 Å². The second-order valence-corrected chi connectivity index (χ2v) is 3.97. The van der Waals surface area contributed by atoms with Crippen LogP contribution in [0, 0.1) is 0 Å². The van der Waals surface area contributed by atoms with E-state index in [9.17, 15) is 19.2 Å². The summed E-state index contributed by atoms with van der Waals surface area (Å²) in [5.74, 6) is -4.14. The normalized spacial score (nSPS) is 13.2. The summed E-state index contributed by atoms with van der Waals surface area (Å²) in [6, 6.07) is -2.50. The second kappa shape index (κ2) is 8.82. The minimum absolute atomic E-state index is 0.144. The van der Waals surface area contributed by atoms with Gasteiger partial charge in [0.05, 0.1) is 0 Å². The van der Waals surface area contributed by atoms with Crippen LogP contribution in [0.1, 0.15) is 25.7 Å². The van der Waals surface area contributed by atoms with Crippen LogP contribution in [0.4, 0.5) is 0 Å². The lowest BCUT2D eigenvalue weighted by molar-refractivity contribution is -0.159. The molecule has 0 aliphatic rings. The van der Waals surface area contributed by atoms with Crippen molar-refractivity contribution >= 4 is 23.8 Å². The molecule has 0 saturated heterocycles. The Morgan fingerprint density at radius 1 is 1.10 bits per heavy atom. The maximum absolute atomic E-state index is 11.3. The smallest absolute Gasteiger partial charge is 0.341 e. The molecule has 1 amide bonds. The highest BCUT2D eigenvalue weighted by molar-refractivity contribution is 5.78. The molecular formula is C10H17N3O7. The highest BCUT2D eigenvalue weighted by Crippen LogP contribution is 2.00. The Morgan fingerprint density at radius 3 is 2.15 bits per heavy atom. The highest BCUT2D eigenvalue weighted by Gasteiger charge is 2.22. The number of hydrogen-bond acceptors (Lipinski definition) is 7. The summed E-state index contributed by atoms with van der Waals surface area (Å²) in [4.78, 5) is 47.4. The molecule has 0 fully saturated rings. The van der Waals surface area contributed by atoms with Crippen LogP contribution in [0.15, 0.2) is 0 Å². The number of hydroxylamine groups is 1. The van der Waals surface area contributed by atoms with Crippen molar-refractivity contribution in [3.05, 3.63) is 0 Å². The van der Waals surface area contributed by atoms with Crippen molar-refractivity contribution in [2.24, 2.45) is 11.5 Å². The third-order valence-corrected chi connectivity index (χ3v) is 2.25. The molecule has 0 heterocycles. The van der Waals surface area contributed by atoms with Gasteiger partial charge in [-0.2, -0.15) is 0 Å². The molecule has 0 rings (SSSR count). The largest absolute Gasteiger partial charge is 0.481 e. The molecule has 0 radical (unpaired) electrons. The molecule has 114 valence electrons. The number of nitrogens with two attached hydrogens (primary N) is 2. The minimum Gasteiger partial charge on any atom is -0.481 e. The highest BCUT2D eigenvalue weighted by atomic mass is 16.7. The number of carbonyl (C=O) groups is 4. The van der Waals surface area contributed by atoms with Crippen molar-refractivity contribution < 1.29 is 34.2 Å². The topological polar surface area (TPSA) is 182 Å². The third-order valence-electron chi connectivity index (χ3n) is 2.25. The van der Waals surface area contributed by atoms with Crippen LogP contribution >= 0.6 is 0 Å². The lowest BCUT2D eigenvalue weighted by Gasteiger charge is -2.15. The van der Waals surface area contributed by atoms with Gasteiger partial charge in [0.2, 0.25) is 5.91 Å². The van der Waals surface area contributed by atoms with Crippen molar-refractivity contribution in [1.29, 1.82) is 0 Å². The van der Waals surface area contributed by atoms with Gasteiger partial charge in [-0.1, -0.05) is 0 Å². The summed E-state index contributed by atoms with van der Waals surface area (Å²) in [5.41, 5.74) is 12.2. The van der Waals surface area contributed by atoms with E-state index < -0.39 is 35.9 Å². The standard InChI is InChI=1S/C10H17N3O7/c11-5(1-4-8(15)16)10(19)20-13-6(9(17)18)2-3-7(12)14/h5-6,13H,1-4,11H2,(H2,12,14)(H,15,16)(H,17,18)/t5-,6-/m0/s1. The van der Waals surface area contributed by atoms with E-state index >= 15 is 0 Å². The number of carboxylic acids is 2. The Bertz CT molecular complexity index is 385. The Labute approximate surface area is 114 Å². The maximum Gasteiger partial charge on any atom is 0.341 e. The molecular weight excluding hydrogens is 274 g/mol. The molecule has 10 nitrogen and oxygen atoms in total. The van der Waals surface area contributed by atoms with Crippen LogP contribution < -0.4 is 16.9 Å². The van der Waals surface area contributed by atoms with Crippen molar-refractivity contribution in [3.8, 4) is 0 Å².